The molecule has 4 aliphatic rings. The number of hydrogen-bond acceptors (Lipinski definition) is 3. The maximum absolute atomic E-state index is 11.4. The van der Waals surface area contributed by atoms with Crippen LogP contribution in [0, 0.1) is 34.5 Å². The average molecular weight is 344 g/mol. The molecule has 3 nitrogen and oxygen atoms in total. The second kappa shape index (κ2) is 5.96. The van der Waals surface area contributed by atoms with E-state index in [4.69, 9.17) is 4.74 Å². The minimum Gasteiger partial charge on any atom is -0.463 e. The Labute approximate surface area is 151 Å². The Morgan fingerprint density at radius 1 is 1.16 bits per heavy atom. The summed E-state index contributed by atoms with van der Waals surface area (Å²) in [5.41, 5.74) is 1.68. The van der Waals surface area contributed by atoms with Gasteiger partial charge < -0.3 is 4.74 Å². The van der Waals surface area contributed by atoms with Crippen molar-refractivity contribution >= 4 is 12.3 Å². The minimum absolute atomic E-state index is 0.130. The number of carbonyl (C=O) groups is 2. The third-order valence-corrected chi connectivity index (χ3v) is 8.51. The van der Waals surface area contributed by atoms with Crippen LogP contribution in [0.2, 0.25) is 0 Å². The fourth-order valence-electron chi connectivity index (χ4n) is 7.29. The maximum Gasteiger partial charge on any atom is 0.302 e. The summed E-state index contributed by atoms with van der Waals surface area (Å²) in [4.78, 5) is 22.7. The molecule has 0 aromatic heterocycles. The molecule has 0 aliphatic heterocycles. The monoisotopic (exact) mass is 344 g/mol. The number of rotatable bonds is 2. The van der Waals surface area contributed by atoms with Gasteiger partial charge in [-0.05, 0) is 91.4 Å². The molecular formula is C22H32O3. The molecule has 0 amide bonds. The van der Waals surface area contributed by atoms with Crippen molar-refractivity contribution in [3.8, 4) is 0 Å². The zero-order valence-corrected chi connectivity index (χ0v) is 15.9. The summed E-state index contributed by atoms with van der Waals surface area (Å²) in [5, 5.41) is 0. The van der Waals surface area contributed by atoms with Crippen LogP contribution in [0.3, 0.4) is 0 Å². The molecule has 4 aliphatic carbocycles. The first-order chi connectivity index (χ1) is 11.9. The summed E-state index contributed by atoms with van der Waals surface area (Å²) in [7, 11) is 0. The van der Waals surface area contributed by atoms with Crippen molar-refractivity contribution in [2.24, 2.45) is 34.5 Å². The quantitative estimate of drug-likeness (QED) is 0.539. The smallest absolute Gasteiger partial charge is 0.302 e. The van der Waals surface area contributed by atoms with Crippen LogP contribution in [0.4, 0.5) is 0 Å². The van der Waals surface area contributed by atoms with Crippen LogP contribution in [-0.4, -0.2) is 18.4 Å². The highest BCUT2D eigenvalue weighted by Gasteiger charge is 2.57. The lowest BCUT2D eigenvalue weighted by Crippen LogP contribution is -2.53. The number of aldehydes is 1. The van der Waals surface area contributed by atoms with Crippen LogP contribution in [0.25, 0.3) is 0 Å². The van der Waals surface area contributed by atoms with Crippen molar-refractivity contribution in [2.75, 3.05) is 0 Å². The van der Waals surface area contributed by atoms with Crippen molar-refractivity contribution < 1.29 is 14.3 Å². The highest BCUT2D eigenvalue weighted by atomic mass is 16.5. The number of ether oxygens (including phenoxy) is 1. The molecule has 138 valence electrons. The molecule has 3 fully saturated rings. The molecule has 0 aromatic carbocycles. The standard InChI is InChI=1S/C22H32O3/c1-14(24)25-17-6-9-22(3)16(11-17)4-5-18-19(22)7-8-21(2)12-15(13-23)10-20(18)21/h12-13,16-20H,4-11H2,1-3H3. The van der Waals surface area contributed by atoms with Crippen molar-refractivity contribution in [1.82, 2.24) is 0 Å². The molecule has 25 heavy (non-hydrogen) atoms. The Hall–Kier alpha value is -1.12. The van der Waals surface area contributed by atoms with E-state index in [0.29, 0.717) is 17.3 Å². The molecular weight excluding hydrogens is 312 g/mol. The van der Waals surface area contributed by atoms with Gasteiger partial charge in [-0.3, -0.25) is 9.59 Å². The van der Waals surface area contributed by atoms with Gasteiger partial charge in [0.2, 0.25) is 0 Å². The first-order valence-corrected chi connectivity index (χ1v) is 10.2. The van der Waals surface area contributed by atoms with Gasteiger partial charge >= 0.3 is 5.97 Å². The highest BCUT2D eigenvalue weighted by Crippen LogP contribution is 2.65. The van der Waals surface area contributed by atoms with Gasteiger partial charge in [0.25, 0.3) is 0 Å². The predicted molar refractivity (Wildman–Crippen MR) is 96.8 cm³/mol. The van der Waals surface area contributed by atoms with E-state index in [0.717, 1.165) is 43.0 Å². The Bertz CT molecular complexity index is 608. The van der Waals surface area contributed by atoms with Crippen molar-refractivity contribution in [2.45, 2.75) is 78.2 Å². The van der Waals surface area contributed by atoms with Gasteiger partial charge in [0.1, 0.15) is 12.4 Å². The van der Waals surface area contributed by atoms with Gasteiger partial charge in [-0.2, -0.15) is 0 Å². The van der Waals surface area contributed by atoms with Gasteiger partial charge in [-0.1, -0.05) is 19.9 Å². The van der Waals surface area contributed by atoms with Crippen molar-refractivity contribution in [3.05, 3.63) is 11.6 Å². The van der Waals surface area contributed by atoms with E-state index in [1.165, 1.54) is 39.0 Å². The molecule has 7 unspecified atom stereocenters. The molecule has 0 saturated heterocycles. The molecule has 0 bridgehead atoms. The van der Waals surface area contributed by atoms with E-state index < -0.39 is 0 Å². The summed E-state index contributed by atoms with van der Waals surface area (Å²) >= 11 is 0. The highest BCUT2D eigenvalue weighted by molar-refractivity contribution is 5.74. The number of hydrogen-bond donors (Lipinski definition) is 0. The van der Waals surface area contributed by atoms with Crippen LogP contribution < -0.4 is 0 Å². The van der Waals surface area contributed by atoms with Gasteiger partial charge in [0.15, 0.2) is 0 Å². The Balaban J connectivity index is 1.54. The van der Waals surface area contributed by atoms with Crippen molar-refractivity contribution in [1.29, 1.82) is 0 Å². The first-order valence-electron chi connectivity index (χ1n) is 10.2. The molecule has 0 aromatic rings. The lowest BCUT2D eigenvalue weighted by molar-refractivity contribution is -0.158. The molecule has 7 atom stereocenters. The first kappa shape index (κ1) is 17.3. The summed E-state index contributed by atoms with van der Waals surface area (Å²) in [6, 6.07) is 0. The van der Waals surface area contributed by atoms with Gasteiger partial charge in [-0.15, -0.1) is 0 Å². The summed E-state index contributed by atoms with van der Waals surface area (Å²) in [6.45, 7) is 6.44. The Morgan fingerprint density at radius 3 is 2.68 bits per heavy atom. The summed E-state index contributed by atoms with van der Waals surface area (Å²) < 4.78 is 5.55. The van der Waals surface area contributed by atoms with E-state index in [9.17, 15) is 9.59 Å². The third kappa shape index (κ3) is 2.69. The Kier molecular flexibility index (Phi) is 4.12. The lowest BCUT2D eigenvalue weighted by Gasteiger charge is -2.60. The topological polar surface area (TPSA) is 43.4 Å². The van der Waals surface area contributed by atoms with E-state index in [1.807, 2.05) is 0 Å². The number of esters is 1. The van der Waals surface area contributed by atoms with Gasteiger partial charge in [0, 0.05) is 6.92 Å². The van der Waals surface area contributed by atoms with Crippen LogP contribution in [0.1, 0.15) is 72.1 Å². The van der Waals surface area contributed by atoms with Crippen LogP contribution >= 0.6 is 0 Å². The number of fused-ring (bicyclic) bond motifs is 5. The third-order valence-electron chi connectivity index (χ3n) is 8.51. The normalized spacial score (nSPS) is 48.6. The largest absolute Gasteiger partial charge is 0.463 e. The SMILES string of the molecule is CC(=O)OC1CCC2(C)C(CCC3C4CC(C=O)=CC4(C)CCC32)C1. The van der Waals surface area contributed by atoms with E-state index in [1.54, 1.807) is 0 Å². The van der Waals surface area contributed by atoms with Crippen molar-refractivity contribution in [3.63, 3.8) is 0 Å². The Morgan fingerprint density at radius 2 is 1.96 bits per heavy atom. The zero-order valence-electron chi connectivity index (χ0n) is 15.9. The molecule has 4 rings (SSSR count). The predicted octanol–water partition coefficient (Wildman–Crippen LogP) is 4.70. The fraction of sp³-hybridized carbons (Fsp3) is 0.818. The van der Waals surface area contributed by atoms with Crippen LogP contribution in [0.15, 0.2) is 11.6 Å². The van der Waals surface area contributed by atoms with E-state index >= 15 is 0 Å². The number of allylic oxidation sites excluding steroid dienone is 2. The second-order valence-corrected chi connectivity index (χ2v) is 9.75. The zero-order chi connectivity index (χ0) is 17.8. The number of carbonyl (C=O) groups excluding carboxylic acids is 2. The van der Waals surface area contributed by atoms with Crippen LogP contribution in [-0.2, 0) is 14.3 Å². The lowest BCUT2D eigenvalue weighted by atomic mass is 9.45. The molecule has 0 spiro atoms. The van der Waals surface area contributed by atoms with E-state index in [2.05, 4.69) is 19.9 Å². The van der Waals surface area contributed by atoms with E-state index in [-0.39, 0.29) is 17.5 Å². The minimum atomic E-state index is -0.130. The van der Waals surface area contributed by atoms with Gasteiger partial charge in [-0.25, -0.2) is 0 Å². The maximum atomic E-state index is 11.4. The molecule has 3 saturated carbocycles. The summed E-state index contributed by atoms with van der Waals surface area (Å²) in [5.74, 6) is 2.77. The second-order valence-electron chi connectivity index (χ2n) is 9.75. The molecule has 3 heteroatoms. The summed E-state index contributed by atoms with van der Waals surface area (Å²) in [6.07, 6.45) is 12.9. The molecule has 0 heterocycles. The molecule has 0 radical (unpaired) electrons. The van der Waals surface area contributed by atoms with Gasteiger partial charge in [0.05, 0.1) is 0 Å². The average Bonchev–Trinajstić information content (AvgIpc) is 2.91. The fourth-order valence-corrected chi connectivity index (χ4v) is 7.29. The van der Waals surface area contributed by atoms with Crippen LogP contribution in [0.5, 0.6) is 0 Å². The molecule has 0 N–H and O–H groups in total.